The molecule has 6 nitrogen and oxygen atoms in total. The zero-order valence-corrected chi connectivity index (χ0v) is 10.2. The van der Waals surface area contributed by atoms with Crippen LogP contribution in [0, 0.1) is 0 Å². The Morgan fingerprint density at radius 2 is 2.50 bits per heavy atom. The molecule has 4 N–H and O–H groups in total. The molecule has 6 heteroatoms. The Hall–Kier alpha value is -1.82. The monoisotopic (exact) mass is 251 g/mol. The van der Waals surface area contributed by atoms with E-state index in [2.05, 4.69) is 10.3 Å². The molecule has 0 aromatic carbocycles. The van der Waals surface area contributed by atoms with Crippen molar-refractivity contribution in [2.24, 2.45) is 0 Å². The van der Waals surface area contributed by atoms with Crippen molar-refractivity contribution in [1.82, 2.24) is 4.98 Å². The average Bonchev–Trinajstić information content (AvgIpc) is 2.85. The Morgan fingerprint density at radius 3 is 3.06 bits per heavy atom. The molecule has 2 unspecified atom stereocenters. The number of carboxylic acids is 1. The van der Waals surface area contributed by atoms with Gasteiger partial charge in [-0.05, 0) is 25.8 Å². The van der Waals surface area contributed by atoms with Gasteiger partial charge in [0.15, 0.2) is 0 Å². The number of ether oxygens (including phenoxy) is 1. The second-order valence-corrected chi connectivity index (χ2v) is 4.45. The van der Waals surface area contributed by atoms with Gasteiger partial charge in [0.1, 0.15) is 5.82 Å². The summed E-state index contributed by atoms with van der Waals surface area (Å²) in [5.41, 5.74) is 6.20. The SMILES string of the molecule is CC(Nc1ncc(C(=O)O)cc1N)C1CCCO1. The first kappa shape index (κ1) is 12.6. The van der Waals surface area contributed by atoms with Crippen molar-refractivity contribution in [3.05, 3.63) is 17.8 Å². The number of carbonyl (C=O) groups is 1. The maximum Gasteiger partial charge on any atom is 0.337 e. The Bertz CT molecular complexity index is 444. The van der Waals surface area contributed by atoms with Gasteiger partial charge in [-0.25, -0.2) is 9.78 Å². The van der Waals surface area contributed by atoms with Gasteiger partial charge in [0.05, 0.1) is 23.4 Å². The zero-order chi connectivity index (χ0) is 13.1. The summed E-state index contributed by atoms with van der Waals surface area (Å²) in [4.78, 5) is 14.8. The van der Waals surface area contributed by atoms with Gasteiger partial charge in [-0.3, -0.25) is 0 Å². The third-order valence-corrected chi connectivity index (χ3v) is 3.05. The zero-order valence-electron chi connectivity index (χ0n) is 10.2. The molecule has 2 rings (SSSR count). The van der Waals surface area contributed by atoms with Gasteiger partial charge in [-0.15, -0.1) is 0 Å². The maximum absolute atomic E-state index is 10.8. The van der Waals surface area contributed by atoms with Crippen molar-refractivity contribution in [2.75, 3.05) is 17.7 Å². The molecule has 0 amide bonds. The number of nitrogens with one attached hydrogen (secondary N) is 1. The van der Waals surface area contributed by atoms with E-state index in [4.69, 9.17) is 15.6 Å². The first-order valence-corrected chi connectivity index (χ1v) is 5.95. The fourth-order valence-electron chi connectivity index (χ4n) is 2.02. The number of nitrogen functional groups attached to an aromatic ring is 1. The molecule has 18 heavy (non-hydrogen) atoms. The first-order valence-electron chi connectivity index (χ1n) is 5.95. The number of aromatic nitrogens is 1. The van der Waals surface area contributed by atoms with Crippen LogP contribution in [0.3, 0.4) is 0 Å². The molecular weight excluding hydrogens is 234 g/mol. The van der Waals surface area contributed by atoms with Crippen molar-refractivity contribution in [3.63, 3.8) is 0 Å². The van der Waals surface area contributed by atoms with Gasteiger partial charge >= 0.3 is 5.97 Å². The van der Waals surface area contributed by atoms with Crippen LogP contribution in [-0.4, -0.2) is 34.8 Å². The number of hydrogen-bond donors (Lipinski definition) is 3. The highest BCUT2D eigenvalue weighted by molar-refractivity contribution is 5.89. The highest BCUT2D eigenvalue weighted by Gasteiger charge is 2.23. The van der Waals surface area contributed by atoms with Crippen molar-refractivity contribution in [2.45, 2.75) is 31.9 Å². The van der Waals surface area contributed by atoms with E-state index in [-0.39, 0.29) is 17.7 Å². The Morgan fingerprint density at radius 1 is 1.72 bits per heavy atom. The molecule has 2 heterocycles. The van der Waals surface area contributed by atoms with E-state index in [0.717, 1.165) is 19.4 Å². The largest absolute Gasteiger partial charge is 0.478 e. The molecule has 1 saturated heterocycles. The summed E-state index contributed by atoms with van der Waals surface area (Å²) >= 11 is 0. The van der Waals surface area contributed by atoms with Gasteiger partial charge in [0.25, 0.3) is 0 Å². The summed E-state index contributed by atoms with van der Waals surface area (Å²) in [5, 5.41) is 12.0. The summed E-state index contributed by atoms with van der Waals surface area (Å²) in [5.74, 6) is -0.532. The third-order valence-electron chi connectivity index (χ3n) is 3.05. The fraction of sp³-hybridized carbons (Fsp3) is 0.500. The normalized spacial score (nSPS) is 20.6. The first-order chi connectivity index (χ1) is 8.58. The minimum absolute atomic E-state index is 0.0859. The van der Waals surface area contributed by atoms with Crippen molar-refractivity contribution < 1.29 is 14.6 Å². The summed E-state index contributed by atoms with van der Waals surface area (Å²) in [7, 11) is 0. The number of anilines is 2. The van der Waals surface area contributed by atoms with Gasteiger partial charge in [0.2, 0.25) is 0 Å². The van der Waals surface area contributed by atoms with Crippen LogP contribution in [0.5, 0.6) is 0 Å². The van der Waals surface area contributed by atoms with E-state index in [0.29, 0.717) is 11.5 Å². The average molecular weight is 251 g/mol. The highest BCUT2D eigenvalue weighted by atomic mass is 16.5. The van der Waals surface area contributed by atoms with Crippen LogP contribution in [0.1, 0.15) is 30.1 Å². The van der Waals surface area contributed by atoms with Crippen molar-refractivity contribution in [3.8, 4) is 0 Å². The Kier molecular flexibility index (Phi) is 3.66. The number of carboxylic acid groups (broad SMARTS) is 1. The number of aromatic carboxylic acids is 1. The second kappa shape index (κ2) is 5.22. The Labute approximate surface area is 105 Å². The topological polar surface area (TPSA) is 97.5 Å². The van der Waals surface area contributed by atoms with E-state index >= 15 is 0 Å². The Balaban J connectivity index is 2.06. The van der Waals surface area contributed by atoms with Crippen LogP contribution in [-0.2, 0) is 4.74 Å². The van der Waals surface area contributed by atoms with E-state index in [1.165, 1.54) is 12.3 Å². The predicted molar refractivity (Wildman–Crippen MR) is 67.7 cm³/mol. The molecule has 0 radical (unpaired) electrons. The standard InChI is InChI=1S/C12H17N3O3/c1-7(10-3-2-4-18-10)15-11-9(13)5-8(6-14-11)12(16)17/h5-7,10H,2-4,13H2,1H3,(H,14,15)(H,16,17). The molecule has 1 fully saturated rings. The van der Waals surface area contributed by atoms with Gasteiger partial charge < -0.3 is 20.9 Å². The lowest BCUT2D eigenvalue weighted by molar-refractivity contribution is 0.0696. The fourth-order valence-corrected chi connectivity index (χ4v) is 2.02. The molecular formula is C12H17N3O3. The van der Waals surface area contributed by atoms with Gasteiger partial charge in [0, 0.05) is 12.8 Å². The quantitative estimate of drug-likeness (QED) is 0.747. The molecule has 1 aromatic rings. The minimum atomic E-state index is -1.03. The van der Waals surface area contributed by atoms with Crippen molar-refractivity contribution >= 4 is 17.5 Å². The minimum Gasteiger partial charge on any atom is -0.478 e. The maximum atomic E-state index is 10.8. The lowest BCUT2D eigenvalue weighted by Gasteiger charge is -2.21. The van der Waals surface area contributed by atoms with Crippen LogP contribution < -0.4 is 11.1 Å². The molecule has 1 aliphatic heterocycles. The molecule has 98 valence electrons. The van der Waals surface area contributed by atoms with Crippen molar-refractivity contribution in [1.29, 1.82) is 0 Å². The number of nitrogens with two attached hydrogens (primary N) is 1. The molecule has 0 saturated carbocycles. The van der Waals surface area contributed by atoms with Crippen LogP contribution in [0.25, 0.3) is 0 Å². The molecule has 0 spiro atoms. The van der Waals surface area contributed by atoms with Crippen LogP contribution in [0.4, 0.5) is 11.5 Å². The molecule has 1 aromatic heterocycles. The van der Waals surface area contributed by atoms with E-state index in [1.54, 1.807) is 0 Å². The van der Waals surface area contributed by atoms with E-state index < -0.39 is 5.97 Å². The summed E-state index contributed by atoms with van der Waals surface area (Å²) < 4.78 is 5.56. The molecule has 0 aliphatic carbocycles. The van der Waals surface area contributed by atoms with Crippen LogP contribution in [0.2, 0.25) is 0 Å². The van der Waals surface area contributed by atoms with E-state index in [9.17, 15) is 4.79 Å². The van der Waals surface area contributed by atoms with Gasteiger partial charge in [-0.1, -0.05) is 0 Å². The molecule has 2 atom stereocenters. The molecule has 0 bridgehead atoms. The highest BCUT2D eigenvalue weighted by Crippen LogP contribution is 2.22. The third kappa shape index (κ3) is 2.70. The predicted octanol–water partition coefficient (Wildman–Crippen LogP) is 1.34. The van der Waals surface area contributed by atoms with Crippen LogP contribution in [0.15, 0.2) is 12.3 Å². The van der Waals surface area contributed by atoms with E-state index in [1.807, 2.05) is 6.92 Å². The van der Waals surface area contributed by atoms with Gasteiger partial charge in [-0.2, -0.15) is 0 Å². The number of rotatable bonds is 4. The number of pyridine rings is 1. The smallest absolute Gasteiger partial charge is 0.337 e. The number of hydrogen-bond acceptors (Lipinski definition) is 5. The second-order valence-electron chi connectivity index (χ2n) is 4.45. The summed E-state index contributed by atoms with van der Waals surface area (Å²) in [6.07, 6.45) is 3.53. The molecule has 1 aliphatic rings. The lowest BCUT2D eigenvalue weighted by Crippen LogP contribution is -2.30. The van der Waals surface area contributed by atoms with Crippen LogP contribution >= 0.6 is 0 Å². The number of nitrogens with zero attached hydrogens (tertiary/aromatic N) is 1. The lowest BCUT2D eigenvalue weighted by atomic mass is 10.1. The summed E-state index contributed by atoms with van der Waals surface area (Å²) in [6, 6.07) is 1.50. The summed E-state index contributed by atoms with van der Waals surface area (Å²) in [6.45, 7) is 2.79.